The van der Waals surface area contributed by atoms with Crippen LogP contribution in [0.3, 0.4) is 0 Å². The SMILES string of the molecule is Cc1ccc(S(=O)(=O)NCc2cc(Br)ccc2F)s1. The standard InChI is InChI=1S/C12H11BrFNO2S2/c1-8-2-5-12(18-8)19(16,17)15-7-9-6-10(13)3-4-11(9)14/h2-6,15H,7H2,1H3. The summed E-state index contributed by atoms with van der Waals surface area (Å²) in [4.78, 5) is 0.911. The fraction of sp³-hybridized carbons (Fsp3) is 0.167. The van der Waals surface area contributed by atoms with Gasteiger partial charge in [0.2, 0.25) is 10.0 Å². The van der Waals surface area contributed by atoms with E-state index in [-0.39, 0.29) is 10.8 Å². The first kappa shape index (κ1) is 14.6. The van der Waals surface area contributed by atoms with E-state index in [1.165, 1.54) is 17.4 Å². The average Bonchev–Trinajstić information content (AvgIpc) is 2.78. The van der Waals surface area contributed by atoms with Gasteiger partial charge in [-0.1, -0.05) is 15.9 Å². The predicted molar refractivity (Wildman–Crippen MR) is 77.2 cm³/mol. The second kappa shape index (κ2) is 5.70. The van der Waals surface area contributed by atoms with Crippen molar-refractivity contribution in [3.8, 4) is 0 Å². The van der Waals surface area contributed by atoms with Gasteiger partial charge in [0.05, 0.1) is 0 Å². The van der Waals surface area contributed by atoms with Crippen LogP contribution in [-0.4, -0.2) is 8.42 Å². The van der Waals surface area contributed by atoms with Gasteiger partial charge in [-0.25, -0.2) is 17.5 Å². The molecule has 2 aromatic rings. The van der Waals surface area contributed by atoms with Crippen LogP contribution in [0.2, 0.25) is 0 Å². The summed E-state index contributed by atoms with van der Waals surface area (Å²) in [6.07, 6.45) is 0. The van der Waals surface area contributed by atoms with Gasteiger partial charge in [-0.2, -0.15) is 0 Å². The second-order valence-corrected chi connectivity index (χ2v) is 8.12. The van der Waals surface area contributed by atoms with E-state index in [0.717, 1.165) is 4.88 Å². The highest BCUT2D eigenvalue weighted by atomic mass is 79.9. The molecule has 1 heterocycles. The molecule has 19 heavy (non-hydrogen) atoms. The van der Waals surface area contributed by atoms with Crippen LogP contribution in [0.25, 0.3) is 0 Å². The van der Waals surface area contributed by atoms with Crippen LogP contribution in [0.1, 0.15) is 10.4 Å². The minimum atomic E-state index is -3.58. The number of thiophene rings is 1. The molecule has 1 N–H and O–H groups in total. The van der Waals surface area contributed by atoms with E-state index >= 15 is 0 Å². The summed E-state index contributed by atoms with van der Waals surface area (Å²) in [6, 6.07) is 7.69. The van der Waals surface area contributed by atoms with Gasteiger partial charge in [-0.15, -0.1) is 11.3 Å². The lowest BCUT2D eigenvalue weighted by atomic mass is 10.2. The molecule has 2 rings (SSSR count). The fourth-order valence-electron chi connectivity index (χ4n) is 1.48. The molecule has 0 atom stereocenters. The number of nitrogens with one attached hydrogen (secondary N) is 1. The Hall–Kier alpha value is -0.760. The third-order valence-electron chi connectivity index (χ3n) is 2.44. The smallest absolute Gasteiger partial charge is 0.207 e. The van der Waals surface area contributed by atoms with Crippen LogP contribution < -0.4 is 4.72 Å². The first-order valence-corrected chi connectivity index (χ1v) is 8.48. The molecule has 0 aliphatic heterocycles. The molecule has 0 aliphatic carbocycles. The molecule has 3 nitrogen and oxygen atoms in total. The molecule has 102 valence electrons. The minimum Gasteiger partial charge on any atom is -0.207 e. The summed E-state index contributed by atoms with van der Waals surface area (Å²) >= 11 is 4.41. The van der Waals surface area contributed by atoms with Crippen molar-refractivity contribution >= 4 is 37.3 Å². The van der Waals surface area contributed by atoms with Crippen LogP contribution in [-0.2, 0) is 16.6 Å². The van der Waals surface area contributed by atoms with Crippen molar-refractivity contribution in [3.05, 3.63) is 51.1 Å². The Labute approximate surface area is 123 Å². The fourth-order valence-corrected chi connectivity index (χ4v) is 4.22. The lowest BCUT2D eigenvalue weighted by Crippen LogP contribution is -2.22. The zero-order chi connectivity index (χ0) is 14.0. The molecule has 0 bridgehead atoms. The van der Waals surface area contributed by atoms with Gasteiger partial charge in [-0.05, 0) is 37.3 Å². The minimum absolute atomic E-state index is 0.0788. The third-order valence-corrected chi connectivity index (χ3v) is 5.83. The summed E-state index contributed by atoms with van der Waals surface area (Å²) in [5.74, 6) is -0.437. The maximum absolute atomic E-state index is 13.5. The van der Waals surface area contributed by atoms with Crippen LogP contribution in [0.15, 0.2) is 39.0 Å². The molecule has 1 aromatic heterocycles. The van der Waals surface area contributed by atoms with Crippen molar-refractivity contribution in [2.45, 2.75) is 17.7 Å². The number of benzene rings is 1. The summed E-state index contributed by atoms with van der Waals surface area (Å²) < 4.78 is 40.8. The quantitative estimate of drug-likeness (QED) is 0.904. The van der Waals surface area contributed by atoms with Gasteiger partial charge < -0.3 is 0 Å². The van der Waals surface area contributed by atoms with Crippen molar-refractivity contribution in [1.29, 1.82) is 0 Å². The van der Waals surface area contributed by atoms with E-state index in [4.69, 9.17) is 0 Å². The molecule has 0 amide bonds. The largest absolute Gasteiger partial charge is 0.250 e. The lowest BCUT2D eigenvalue weighted by molar-refractivity contribution is 0.576. The molecule has 0 radical (unpaired) electrons. The van der Waals surface area contributed by atoms with Gasteiger partial charge >= 0.3 is 0 Å². The molecule has 1 aromatic carbocycles. The van der Waals surface area contributed by atoms with Gasteiger partial charge in [-0.3, -0.25) is 0 Å². The van der Waals surface area contributed by atoms with Crippen molar-refractivity contribution in [1.82, 2.24) is 4.72 Å². The van der Waals surface area contributed by atoms with Crippen LogP contribution in [0, 0.1) is 12.7 Å². The normalized spacial score (nSPS) is 11.7. The van der Waals surface area contributed by atoms with Crippen molar-refractivity contribution in [2.24, 2.45) is 0 Å². The topological polar surface area (TPSA) is 46.2 Å². The number of rotatable bonds is 4. The number of aryl methyl sites for hydroxylation is 1. The van der Waals surface area contributed by atoms with Crippen LogP contribution in [0.4, 0.5) is 4.39 Å². The molecule has 0 spiro atoms. The zero-order valence-corrected chi connectivity index (χ0v) is 13.2. The molecular weight excluding hydrogens is 353 g/mol. The second-order valence-electron chi connectivity index (χ2n) is 3.93. The highest BCUT2D eigenvalue weighted by molar-refractivity contribution is 9.10. The summed E-state index contributed by atoms with van der Waals surface area (Å²) in [6.45, 7) is 1.75. The molecule has 0 aliphatic rings. The Morgan fingerprint density at radius 1 is 1.32 bits per heavy atom. The van der Waals surface area contributed by atoms with Gasteiger partial charge in [0.15, 0.2) is 0 Å². The van der Waals surface area contributed by atoms with Gasteiger partial charge in [0, 0.05) is 21.5 Å². The van der Waals surface area contributed by atoms with Crippen molar-refractivity contribution < 1.29 is 12.8 Å². The molecule has 0 saturated carbocycles. The van der Waals surface area contributed by atoms with E-state index in [1.54, 1.807) is 24.3 Å². The lowest BCUT2D eigenvalue weighted by Gasteiger charge is -2.06. The maximum atomic E-state index is 13.5. The van der Waals surface area contributed by atoms with Crippen molar-refractivity contribution in [3.63, 3.8) is 0 Å². The van der Waals surface area contributed by atoms with Crippen molar-refractivity contribution in [2.75, 3.05) is 0 Å². The monoisotopic (exact) mass is 363 g/mol. The third kappa shape index (κ3) is 3.62. The Morgan fingerprint density at radius 2 is 2.05 bits per heavy atom. The Kier molecular flexibility index (Phi) is 4.39. The first-order valence-electron chi connectivity index (χ1n) is 5.38. The summed E-state index contributed by atoms with van der Waals surface area (Å²) in [7, 11) is -3.58. The van der Waals surface area contributed by atoms with E-state index in [0.29, 0.717) is 10.0 Å². The molecule has 0 unspecified atom stereocenters. The van der Waals surface area contributed by atoms with Gasteiger partial charge in [0.25, 0.3) is 0 Å². The Morgan fingerprint density at radius 3 is 2.68 bits per heavy atom. The average molecular weight is 364 g/mol. The molecule has 0 saturated heterocycles. The molecule has 7 heteroatoms. The number of hydrogen-bond acceptors (Lipinski definition) is 3. The van der Waals surface area contributed by atoms with Crippen LogP contribution >= 0.6 is 27.3 Å². The highest BCUT2D eigenvalue weighted by Crippen LogP contribution is 2.21. The maximum Gasteiger partial charge on any atom is 0.250 e. The zero-order valence-electron chi connectivity index (χ0n) is 9.98. The number of sulfonamides is 1. The first-order chi connectivity index (χ1) is 8.88. The van der Waals surface area contributed by atoms with E-state index in [9.17, 15) is 12.8 Å². The van der Waals surface area contributed by atoms with Crippen LogP contribution in [0.5, 0.6) is 0 Å². The molecular formula is C12H11BrFNO2S2. The highest BCUT2D eigenvalue weighted by Gasteiger charge is 2.16. The predicted octanol–water partition coefficient (Wildman–Crippen LogP) is 3.44. The molecule has 0 fully saturated rings. The Balaban J connectivity index is 2.16. The summed E-state index contributed by atoms with van der Waals surface area (Å²) in [5, 5.41) is 0. The Bertz CT molecular complexity index is 698. The van der Waals surface area contributed by atoms with E-state index in [1.807, 2.05) is 6.92 Å². The number of hydrogen-bond donors (Lipinski definition) is 1. The van der Waals surface area contributed by atoms with E-state index in [2.05, 4.69) is 20.7 Å². The number of halogens is 2. The van der Waals surface area contributed by atoms with Gasteiger partial charge in [0.1, 0.15) is 10.0 Å². The van der Waals surface area contributed by atoms with E-state index < -0.39 is 15.8 Å². The summed E-state index contributed by atoms with van der Waals surface area (Å²) in [5.41, 5.74) is 0.297.